The molecule has 1 heterocycles. The molecule has 0 saturated heterocycles. The van der Waals surface area contributed by atoms with E-state index in [1.54, 1.807) is 0 Å². The lowest BCUT2D eigenvalue weighted by Crippen LogP contribution is -2.25. The van der Waals surface area contributed by atoms with Crippen LogP contribution in [0.4, 0.5) is 0 Å². The highest BCUT2D eigenvalue weighted by atomic mass is 79.9. The van der Waals surface area contributed by atoms with Crippen LogP contribution in [-0.2, 0) is 6.54 Å². The first-order valence-electron chi connectivity index (χ1n) is 7.24. The lowest BCUT2D eigenvalue weighted by atomic mass is 9.98. The molecule has 1 unspecified atom stereocenters. The highest BCUT2D eigenvalue weighted by molar-refractivity contribution is 9.10. The Morgan fingerprint density at radius 3 is 2.60 bits per heavy atom. The van der Waals surface area contributed by atoms with E-state index in [2.05, 4.69) is 89.3 Å². The minimum atomic E-state index is 0.431. The van der Waals surface area contributed by atoms with Crippen LogP contribution in [0.1, 0.15) is 37.9 Å². The van der Waals surface area contributed by atoms with E-state index < -0.39 is 0 Å². The normalized spacial score (nSPS) is 12.8. The van der Waals surface area contributed by atoms with E-state index in [0.717, 1.165) is 13.1 Å². The number of aromatic nitrogens is 1. The number of nitrogens with zero attached hydrogens (tertiary/aromatic N) is 1. The summed E-state index contributed by atoms with van der Waals surface area (Å²) < 4.78 is 3.42. The Hall–Kier alpha value is -1.06. The third kappa shape index (κ3) is 3.74. The zero-order valence-corrected chi connectivity index (χ0v) is 14.0. The maximum atomic E-state index is 3.61. The molecule has 0 aliphatic carbocycles. The summed E-state index contributed by atoms with van der Waals surface area (Å²) in [5, 5.41) is 3.56. The van der Waals surface area contributed by atoms with Gasteiger partial charge in [-0.2, -0.15) is 0 Å². The molecule has 20 heavy (non-hydrogen) atoms. The number of benzene rings is 1. The molecule has 0 amide bonds. The van der Waals surface area contributed by atoms with Crippen LogP contribution in [0, 0.1) is 5.92 Å². The van der Waals surface area contributed by atoms with E-state index in [1.807, 2.05) is 0 Å². The Labute approximate surface area is 130 Å². The van der Waals surface area contributed by atoms with Gasteiger partial charge in [0, 0.05) is 29.5 Å². The van der Waals surface area contributed by atoms with Gasteiger partial charge in [-0.25, -0.2) is 0 Å². The topological polar surface area (TPSA) is 17.0 Å². The maximum Gasteiger partial charge on any atom is 0.0481 e. The van der Waals surface area contributed by atoms with E-state index >= 15 is 0 Å². The molecule has 0 aliphatic heterocycles. The molecule has 1 aromatic carbocycles. The van der Waals surface area contributed by atoms with E-state index in [-0.39, 0.29) is 0 Å². The van der Waals surface area contributed by atoms with Gasteiger partial charge in [0.05, 0.1) is 0 Å². The number of rotatable bonds is 6. The van der Waals surface area contributed by atoms with Crippen LogP contribution in [0.25, 0.3) is 0 Å². The third-order valence-corrected chi connectivity index (χ3v) is 4.31. The number of halogens is 1. The largest absolute Gasteiger partial charge is 0.350 e. The van der Waals surface area contributed by atoms with E-state index in [4.69, 9.17) is 0 Å². The molecular formula is C17H23BrN2. The Morgan fingerprint density at radius 1 is 1.20 bits per heavy atom. The van der Waals surface area contributed by atoms with Gasteiger partial charge in [0.15, 0.2) is 0 Å². The molecule has 0 aliphatic rings. The van der Waals surface area contributed by atoms with Gasteiger partial charge >= 0.3 is 0 Å². The second-order valence-electron chi connectivity index (χ2n) is 5.49. The summed E-state index contributed by atoms with van der Waals surface area (Å²) in [7, 11) is 0. The number of hydrogen-bond donors (Lipinski definition) is 1. The average Bonchev–Trinajstić information content (AvgIpc) is 2.86. The summed E-state index contributed by atoms with van der Waals surface area (Å²) in [6.07, 6.45) is 4.42. The van der Waals surface area contributed by atoms with Gasteiger partial charge in [-0.1, -0.05) is 54.9 Å². The molecule has 0 radical (unpaired) electrons. The molecule has 0 spiro atoms. The Kier molecular flexibility index (Phi) is 5.44. The van der Waals surface area contributed by atoms with Gasteiger partial charge < -0.3 is 9.88 Å². The molecule has 0 fully saturated rings. The van der Waals surface area contributed by atoms with Crippen molar-refractivity contribution in [3.05, 3.63) is 58.3 Å². The molecule has 0 bridgehead atoms. The van der Waals surface area contributed by atoms with E-state index in [9.17, 15) is 0 Å². The zero-order chi connectivity index (χ0) is 14.5. The van der Waals surface area contributed by atoms with E-state index in [0.29, 0.717) is 12.0 Å². The minimum absolute atomic E-state index is 0.431. The van der Waals surface area contributed by atoms with Crippen LogP contribution in [0.2, 0.25) is 0 Å². The summed E-state index contributed by atoms with van der Waals surface area (Å²) >= 11 is 3.61. The fourth-order valence-corrected chi connectivity index (χ4v) is 2.93. The molecule has 2 rings (SSSR count). The first kappa shape index (κ1) is 15.3. The van der Waals surface area contributed by atoms with Crippen molar-refractivity contribution in [3.63, 3.8) is 0 Å². The lowest BCUT2D eigenvalue weighted by Gasteiger charge is -2.20. The van der Waals surface area contributed by atoms with Crippen molar-refractivity contribution in [1.29, 1.82) is 0 Å². The Balaban J connectivity index is 2.14. The first-order valence-corrected chi connectivity index (χ1v) is 8.03. The van der Waals surface area contributed by atoms with Gasteiger partial charge in [0.25, 0.3) is 0 Å². The molecular weight excluding hydrogens is 312 g/mol. The lowest BCUT2D eigenvalue weighted by molar-refractivity contribution is 0.421. The average molecular weight is 335 g/mol. The quantitative estimate of drug-likeness (QED) is 0.816. The van der Waals surface area contributed by atoms with Crippen LogP contribution in [0.5, 0.6) is 0 Å². The third-order valence-electron chi connectivity index (χ3n) is 3.53. The number of nitrogens with one attached hydrogen (secondary N) is 1. The predicted octanol–water partition coefficient (Wildman–Crippen LogP) is 4.61. The zero-order valence-electron chi connectivity index (χ0n) is 12.4. The maximum absolute atomic E-state index is 3.61. The summed E-state index contributed by atoms with van der Waals surface area (Å²) in [5.41, 5.74) is 2.67. The van der Waals surface area contributed by atoms with Crippen molar-refractivity contribution in [3.8, 4) is 0 Å². The fourth-order valence-electron chi connectivity index (χ4n) is 2.52. The molecule has 108 valence electrons. The van der Waals surface area contributed by atoms with Gasteiger partial charge in [-0.3, -0.25) is 0 Å². The molecule has 2 aromatic rings. The monoisotopic (exact) mass is 334 g/mol. The van der Waals surface area contributed by atoms with Crippen LogP contribution in [0.3, 0.4) is 0 Å². The molecule has 1 aromatic heterocycles. The van der Waals surface area contributed by atoms with Gasteiger partial charge in [0.2, 0.25) is 0 Å². The van der Waals surface area contributed by atoms with Crippen LogP contribution < -0.4 is 5.32 Å². The second kappa shape index (κ2) is 7.09. The standard InChI is InChI=1S/C17H23BrN2/c1-4-19-17(13(2)3)15-9-10-20(12-15)11-14-7-5-6-8-16(14)18/h5-10,12-13,17,19H,4,11H2,1-3H3. The minimum Gasteiger partial charge on any atom is -0.350 e. The highest BCUT2D eigenvalue weighted by Crippen LogP contribution is 2.23. The molecule has 1 atom stereocenters. The van der Waals surface area contributed by atoms with Gasteiger partial charge in [-0.05, 0) is 35.7 Å². The predicted molar refractivity (Wildman–Crippen MR) is 88.9 cm³/mol. The summed E-state index contributed by atoms with van der Waals surface area (Å²) in [4.78, 5) is 0. The first-order chi connectivity index (χ1) is 9.61. The SMILES string of the molecule is CCNC(c1ccn(Cc2ccccc2Br)c1)C(C)C. The molecule has 1 N–H and O–H groups in total. The Morgan fingerprint density at radius 2 is 1.95 bits per heavy atom. The van der Waals surface area contributed by atoms with Crippen molar-refractivity contribution in [2.24, 2.45) is 5.92 Å². The Bertz CT molecular complexity index is 545. The van der Waals surface area contributed by atoms with Crippen LogP contribution in [-0.4, -0.2) is 11.1 Å². The summed E-state index contributed by atoms with van der Waals surface area (Å²) in [6.45, 7) is 8.58. The fraction of sp³-hybridized carbons (Fsp3) is 0.412. The smallest absolute Gasteiger partial charge is 0.0481 e. The molecule has 2 nitrogen and oxygen atoms in total. The van der Waals surface area contributed by atoms with Crippen LogP contribution >= 0.6 is 15.9 Å². The highest BCUT2D eigenvalue weighted by Gasteiger charge is 2.15. The van der Waals surface area contributed by atoms with Crippen molar-refractivity contribution in [2.75, 3.05) is 6.54 Å². The van der Waals surface area contributed by atoms with E-state index in [1.165, 1.54) is 15.6 Å². The number of hydrogen-bond acceptors (Lipinski definition) is 1. The van der Waals surface area contributed by atoms with Crippen molar-refractivity contribution in [2.45, 2.75) is 33.4 Å². The molecule has 0 saturated carbocycles. The van der Waals surface area contributed by atoms with Crippen molar-refractivity contribution < 1.29 is 0 Å². The van der Waals surface area contributed by atoms with Crippen molar-refractivity contribution >= 4 is 15.9 Å². The molecule has 3 heteroatoms. The van der Waals surface area contributed by atoms with Gasteiger partial charge in [-0.15, -0.1) is 0 Å². The second-order valence-corrected chi connectivity index (χ2v) is 6.34. The van der Waals surface area contributed by atoms with Crippen molar-refractivity contribution in [1.82, 2.24) is 9.88 Å². The van der Waals surface area contributed by atoms with Gasteiger partial charge in [0.1, 0.15) is 0 Å². The van der Waals surface area contributed by atoms with Crippen LogP contribution in [0.15, 0.2) is 47.2 Å². The summed E-state index contributed by atoms with van der Waals surface area (Å²) in [5.74, 6) is 0.592. The summed E-state index contributed by atoms with van der Waals surface area (Å²) in [6, 6.07) is 11.0.